The molecule has 1 aromatic rings. The maximum absolute atomic E-state index is 12.1. The molecule has 2 N–H and O–H groups in total. The van der Waals surface area contributed by atoms with Gasteiger partial charge in [-0.2, -0.15) is 0 Å². The number of piperazine rings is 1. The minimum atomic E-state index is -3.28. The molecule has 1 saturated heterocycles. The monoisotopic (exact) mass is 297 g/mol. The van der Waals surface area contributed by atoms with Crippen LogP contribution in [0.4, 0.5) is 5.69 Å². The molecule has 1 aromatic carbocycles. The van der Waals surface area contributed by atoms with E-state index in [1.165, 1.54) is 0 Å². The number of aryl methyl sites for hydroxylation is 2. The number of sulfonamides is 1. The predicted molar refractivity (Wildman–Crippen MR) is 82.6 cm³/mol. The zero-order chi connectivity index (χ0) is 14.6. The van der Waals surface area contributed by atoms with Gasteiger partial charge in [-0.15, -0.1) is 0 Å². The highest BCUT2D eigenvalue weighted by molar-refractivity contribution is 7.92. The van der Waals surface area contributed by atoms with Crippen molar-refractivity contribution in [2.24, 2.45) is 0 Å². The summed E-state index contributed by atoms with van der Waals surface area (Å²) >= 11 is 0. The molecule has 0 unspecified atom stereocenters. The first-order valence-corrected chi connectivity index (χ1v) is 8.62. The van der Waals surface area contributed by atoms with Gasteiger partial charge in [0, 0.05) is 38.4 Å². The molecule has 112 valence electrons. The van der Waals surface area contributed by atoms with Gasteiger partial charge in [-0.3, -0.25) is 9.62 Å². The molecule has 6 heteroatoms. The van der Waals surface area contributed by atoms with Crippen molar-refractivity contribution < 1.29 is 8.42 Å². The first-order chi connectivity index (χ1) is 9.46. The standard InChI is InChI=1S/C14H23N3O2S/c1-12-3-4-14(11-13(12)2)16-20(18,19)10-9-17-7-5-15-6-8-17/h3-4,11,15-16H,5-10H2,1-2H3. The SMILES string of the molecule is Cc1ccc(NS(=O)(=O)CCN2CCNCC2)cc1C. The molecule has 0 atom stereocenters. The van der Waals surface area contributed by atoms with E-state index in [-0.39, 0.29) is 5.75 Å². The molecule has 20 heavy (non-hydrogen) atoms. The maximum atomic E-state index is 12.1. The topological polar surface area (TPSA) is 61.4 Å². The predicted octanol–water partition coefficient (Wildman–Crippen LogP) is 0.950. The molecular weight excluding hydrogens is 274 g/mol. The Bertz CT molecular complexity index is 552. The third kappa shape index (κ3) is 4.47. The second-order valence-corrected chi connectivity index (χ2v) is 7.15. The minimum Gasteiger partial charge on any atom is -0.314 e. The Balaban J connectivity index is 1.91. The zero-order valence-electron chi connectivity index (χ0n) is 12.1. The molecule has 0 saturated carbocycles. The van der Waals surface area contributed by atoms with Crippen molar-refractivity contribution in [3.05, 3.63) is 29.3 Å². The van der Waals surface area contributed by atoms with Crippen LogP contribution >= 0.6 is 0 Å². The molecular formula is C14H23N3O2S. The molecule has 0 radical (unpaired) electrons. The van der Waals surface area contributed by atoms with Crippen molar-refractivity contribution in [2.75, 3.05) is 43.2 Å². The van der Waals surface area contributed by atoms with E-state index in [4.69, 9.17) is 0 Å². The molecule has 0 amide bonds. The molecule has 1 aliphatic heterocycles. The summed E-state index contributed by atoms with van der Waals surface area (Å²) in [6.07, 6.45) is 0. The van der Waals surface area contributed by atoms with Gasteiger partial charge in [0.2, 0.25) is 10.0 Å². The summed E-state index contributed by atoms with van der Waals surface area (Å²) in [5, 5.41) is 3.26. The van der Waals surface area contributed by atoms with Crippen LogP contribution in [0.2, 0.25) is 0 Å². The van der Waals surface area contributed by atoms with Crippen LogP contribution in [-0.2, 0) is 10.0 Å². The lowest BCUT2D eigenvalue weighted by molar-refractivity contribution is 0.254. The number of benzene rings is 1. The van der Waals surface area contributed by atoms with Crippen molar-refractivity contribution in [2.45, 2.75) is 13.8 Å². The van der Waals surface area contributed by atoms with Crippen molar-refractivity contribution in [3.8, 4) is 0 Å². The lowest BCUT2D eigenvalue weighted by atomic mass is 10.1. The second kappa shape index (κ2) is 6.56. The Labute approximate surface area is 121 Å². The smallest absolute Gasteiger partial charge is 0.233 e. The fraction of sp³-hybridized carbons (Fsp3) is 0.571. The lowest BCUT2D eigenvalue weighted by Crippen LogP contribution is -2.45. The summed E-state index contributed by atoms with van der Waals surface area (Å²) in [7, 11) is -3.28. The van der Waals surface area contributed by atoms with Crippen LogP contribution in [0.15, 0.2) is 18.2 Å². The Kier molecular flexibility index (Phi) is 5.01. The van der Waals surface area contributed by atoms with Gasteiger partial charge in [-0.25, -0.2) is 8.42 Å². The fourth-order valence-electron chi connectivity index (χ4n) is 2.22. The quantitative estimate of drug-likeness (QED) is 0.849. The molecule has 1 aliphatic rings. The van der Waals surface area contributed by atoms with Crippen molar-refractivity contribution in [1.82, 2.24) is 10.2 Å². The van der Waals surface area contributed by atoms with Crippen molar-refractivity contribution in [1.29, 1.82) is 0 Å². The van der Waals surface area contributed by atoms with Crippen LogP contribution in [0, 0.1) is 13.8 Å². The minimum absolute atomic E-state index is 0.139. The summed E-state index contributed by atoms with van der Waals surface area (Å²) in [5.41, 5.74) is 2.90. The van der Waals surface area contributed by atoms with Gasteiger partial charge >= 0.3 is 0 Å². The summed E-state index contributed by atoms with van der Waals surface area (Å²) in [5.74, 6) is 0.139. The zero-order valence-corrected chi connectivity index (χ0v) is 13.0. The largest absolute Gasteiger partial charge is 0.314 e. The van der Waals surface area contributed by atoms with E-state index in [1.54, 1.807) is 0 Å². The highest BCUT2D eigenvalue weighted by atomic mass is 32.2. The molecule has 0 aliphatic carbocycles. The van der Waals surface area contributed by atoms with Crippen LogP contribution in [0.25, 0.3) is 0 Å². The Morgan fingerprint density at radius 3 is 2.55 bits per heavy atom. The van der Waals surface area contributed by atoms with Gasteiger partial charge in [-0.1, -0.05) is 6.07 Å². The average Bonchev–Trinajstić information content (AvgIpc) is 2.42. The molecule has 1 heterocycles. The van der Waals surface area contributed by atoms with Gasteiger partial charge in [0.1, 0.15) is 0 Å². The Morgan fingerprint density at radius 2 is 1.90 bits per heavy atom. The van der Waals surface area contributed by atoms with Gasteiger partial charge in [0.25, 0.3) is 0 Å². The molecule has 0 spiro atoms. The van der Waals surface area contributed by atoms with Crippen molar-refractivity contribution >= 4 is 15.7 Å². The molecule has 1 fully saturated rings. The Morgan fingerprint density at radius 1 is 1.20 bits per heavy atom. The maximum Gasteiger partial charge on any atom is 0.233 e. The van der Waals surface area contributed by atoms with Crippen molar-refractivity contribution in [3.63, 3.8) is 0 Å². The van der Waals surface area contributed by atoms with Crippen LogP contribution in [0.5, 0.6) is 0 Å². The molecule has 0 aromatic heterocycles. The normalized spacial score (nSPS) is 17.1. The number of nitrogens with zero attached hydrogens (tertiary/aromatic N) is 1. The van der Waals surface area contributed by atoms with Gasteiger partial charge < -0.3 is 5.32 Å². The lowest BCUT2D eigenvalue weighted by Gasteiger charge is -2.26. The van der Waals surface area contributed by atoms with Gasteiger partial charge in [-0.05, 0) is 37.1 Å². The van der Waals surface area contributed by atoms with Gasteiger partial charge in [0.15, 0.2) is 0 Å². The summed E-state index contributed by atoms with van der Waals surface area (Å²) < 4.78 is 26.8. The van der Waals surface area contributed by atoms with Crippen LogP contribution in [-0.4, -0.2) is 51.8 Å². The molecule has 2 rings (SSSR count). The van der Waals surface area contributed by atoms with E-state index in [9.17, 15) is 8.42 Å². The first-order valence-electron chi connectivity index (χ1n) is 6.97. The van der Waals surface area contributed by atoms with E-state index in [1.807, 2.05) is 32.0 Å². The van der Waals surface area contributed by atoms with Crippen LogP contribution < -0.4 is 10.0 Å². The van der Waals surface area contributed by atoms with E-state index < -0.39 is 10.0 Å². The van der Waals surface area contributed by atoms with Gasteiger partial charge in [0.05, 0.1) is 5.75 Å². The van der Waals surface area contributed by atoms with E-state index in [0.29, 0.717) is 12.2 Å². The van der Waals surface area contributed by atoms with Crippen LogP contribution in [0.3, 0.4) is 0 Å². The number of rotatable bonds is 5. The number of nitrogens with one attached hydrogen (secondary N) is 2. The molecule has 0 bridgehead atoms. The molecule has 5 nitrogen and oxygen atoms in total. The number of hydrogen-bond donors (Lipinski definition) is 2. The van der Waals surface area contributed by atoms with E-state index in [2.05, 4.69) is 14.9 Å². The third-order valence-electron chi connectivity index (χ3n) is 3.67. The Hall–Kier alpha value is -1.11. The number of anilines is 1. The number of hydrogen-bond acceptors (Lipinski definition) is 4. The summed E-state index contributed by atoms with van der Waals surface area (Å²) in [6.45, 7) is 8.28. The fourth-order valence-corrected chi connectivity index (χ4v) is 3.31. The van der Waals surface area contributed by atoms with E-state index in [0.717, 1.165) is 37.3 Å². The summed E-state index contributed by atoms with van der Waals surface area (Å²) in [6, 6.07) is 5.62. The third-order valence-corrected chi connectivity index (χ3v) is 4.93. The highest BCUT2D eigenvalue weighted by Crippen LogP contribution is 2.15. The van der Waals surface area contributed by atoms with Crippen LogP contribution in [0.1, 0.15) is 11.1 Å². The highest BCUT2D eigenvalue weighted by Gasteiger charge is 2.15. The first kappa shape index (κ1) is 15.3. The average molecular weight is 297 g/mol. The van der Waals surface area contributed by atoms with E-state index >= 15 is 0 Å². The summed E-state index contributed by atoms with van der Waals surface area (Å²) in [4.78, 5) is 2.18. The second-order valence-electron chi connectivity index (χ2n) is 5.31.